The van der Waals surface area contributed by atoms with E-state index in [1.54, 1.807) is 0 Å². The lowest BCUT2D eigenvalue weighted by Gasteiger charge is -2.21. The third-order valence-corrected chi connectivity index (χ3v) is 3.19. The van der Waals surface area contributed by atoms with Crippen LogP contribution in [0.1, 0.15) is 12.0 Å². The predicted molar refractivity (Wildman–Crippen MR) is 64.2 cm³/mol. The minimum atomic E-state index is -2.89. The molecule has 110 valence electrons. The van der Waals surface area contributed by atoms with Gasteiger partial charge < -0.3 is 4.90 Å². The molecule has 0 bridgehead atoms. The minimum Gasteiger partial charge on any atom is -0.340 e. The predicted octanol–water partition coefficient (Wildman–Crippen LogP) is 1.92. The van der Waals surface area contributed by atoms with Gasteiger partial charge in [0.1, 0.15) is 0 Å². The molecule has 1 aliphatic rings. The van der Waals surface area contributed by atoms with Crippen LogP contribution in [0.25, 0.3) is 0 Å². The number of alkyl halides is 2. The molecular formula is C13H14F4N2O. The summed E-state index contributed by atoms with van der Waals surface area (Å²) in [7, 11) is 1.43. The molecule has 20 heavy (non-hydrogen) atoms. The Bertz CT molecular complexity index is 521. The number of nitrogens with one attached hydrogen (secondary N) is 1. The van der Waals surface area contributed by atoms with Crippen molar-refractivity contribution in [3.05, 3.63) is 35.4 Å². The molecule has 1 atom stereocenters. The van der Waals surface area contributed by atoms with E-state index >= 15 is 0 Å². The third kappa shape index (κ3) is 3.27. The van der Waals surface area contributed by atoms with E-state index in [-0.39, 0.29) is 6.54 Å². The van der Waals surface area contributed by atoms with Gasteiger partial charge in [0.25, 0.3) is 5.92 Å². The summed E-state index contributed by atoms with van der Waals surface area (Å²) in [5.74, 6) is -5.36. The highest BCUT2D eigenvalue weighted by atomic mass is 19.3. The Balaban J connectivity index is 1.99. The molecule has 1 N–H and O–H groups in total. The number of hydrogen-bond acceptors (Lipinski definition) is 2. The van der Waals surface area contributed by atoms with Gasteiger partial charge in [0.05, 0.1) is 12.6 Å². The quantitative estimate of drug-likeness (QED) is 0.863. The Labute approximate surface area is 113 Å². The highest BCUT2D eigenvalue weighted by Crippen LogP contribution is 2.26. The lowest BCUT2D eigenvalue weighted by molar-refractivity contribution is -0.132. The summed E-state index contributed by atoms with van der Waals surface area (Å²) < 4.78 is 51.9. The van der Waals surface area contributed by atoms with E-state index in [2.05, 4.69) is 5.32 Å². The van der Waals surface area contributed by atoms with E-state index in [1.165, 1.54) is 18.0 Å². The lowest BCUT2D eigenvalue weighted by atomic mass is 10.1. The molecule has 0 saturated carbocycles. The van der Waals surface area contributed by atoms with Crippen molar-refractivity contribution in [1.29, 1.82) is 0 Å². The highest BCUT2D eigenvalue weighted by molar-refractivity contribution is 5.82. The van der Waals surface area contributed by atoms with Crippen LogP contribution in [0.3, 0.4) is 0 Å². The summed E-state index contributed by atoms with van der Waals surface area (Å²) in [5.41, 5.74) is 0.393. The molecule has 0 aliphatic carbocycles. The smallest absolute Gasteiger partial charge is 0.262 e. The van der Waals surface area contributed by atoms with E-state index < -0.39 is 42.5 Å². The van der Waals surface area contributed by atoms with Crippen molar-refractivity contribution in [2.24, 2.45) is 0 Å². The van der Waals surface area contributed by atoms with Crippen molar-refractivity contribution < 1.29 is 22.4 Å². The molecule has 3 nitrogen and oxygen atoms in total. The van der Waals surface area contributed by atoms with Crippen molar-refractivity contribution in [2.75, 3.05) is 13.6 Å². The maximum absolute atomic E-state index is 13.0. The Morgan fingerprint density at radius 1 is 1.40 bits per heavy atom. The molecule has 2 rings (SSSR count). The van der Waals surface area contributed by atoms with Gasteiger partial charge in [-0.2, -0.15) is 0 Å². The van der Waals surface area contributed by atoms with Crippen molar-refractivity contribution in [3.8, 4) is 0 Å². The Morgan fingerprint density at radius 3 is 2.65 bits per heavy atom. The van der Waals surface area contributed by atoms with Crippen LogP contribution >= 0.6 is 0 Å². The normalized spacial score (nSPS) is 20.9. The first-order chi connectivity index (χ1) is 9.28. The van der Waals surface area contributed by atoms with Gasteiger partial charge in [-0.25, -0.2) is 17.6 Å². The van der Waals surface area contributed by atoms with Crippen LogP contribution in [0, 0.1) is 11.6 Å². The molecule has 1 saturated heterocycles. The molecule has 1 aromatic rings. The first-order valence-electron chi connectivity index (χ1n) is 6.08. The molecule has 7 heteroatoms. The molecule has 1 unspecified atom stereocenters. The number of nitrogens with zero attached hydrogens (tertiary/aromatic N) is 1. The average Bonchev–Trinajstić information content (AvgIpc) is 2.73. The molecule has 1 heterocycles. The van der Waals surface area contributed by atoms with Crippen molar-refractivity contribution in [2.45, 2.75) is 24.9 Å². The Hall–Kier alpha value is -1.63. The Morgan fingerprint density at radius 2 is 2.10 bits per heavy atom. The fourth-order valence-corrected chi connectivity index (χ4v) is 2.15. The molecule has 1 aliphatic heterocycles. The number of amides is 1. The zero-order valence-corrected chi connectivity index (χ0v) is 10.8. The number of benzene rings is 1. The van der Waals surface area contributed by atoms with Crippen molar-refractivity contribution in [1.82, 2.24) is 10.2 Å². The van der Waals surface area contributed by atoms with Gasteiger partial charge in [-0.1, -0.05) is 6.07 Å². The molecule has 1 amide bonds. The van der Waals surface area contributed by atoms with Crippen LogP contribution in [0.5, 0.6) is 0 Å². The van der Waals surface area contributed by atoms with Crippen LogP contribution in [0.4, 0.5) is 17.6 Å². The highest BCUT2D eigenvalue weighted by Gasteiger charge is 2.43. The first-order valence-corrected chi connectivity index (χ1v) is 6.08. The van der Waals surface area contributed by atoms with Crippen LogP contribution in [0.15, 0.2) is 18.2 Å². The largest absolute Gasteiger partial charge is 0.340 e. The zero-order chi connectivity index (χ0) is 14.9. The van der Waals surface area contributed by atoms with E-state index in [1.807, 2.05) is 0 Å². The van der Waals surface area contributed by atoms with Gasteiger partial charge in [-0.3, -0.25) is 10.1 Å². The van der Waals surface area contributed by atoms with Gasteiger partial charge in [0, 0.05) is 20.0 Å². The van der Waals surface area contributed by atoms with E-state index in [0.29, 0.717) is 5.56 Å². The number of likely N-dealkylation sites (N-methyl/N-ethyl adjacent to an activating group) is 1. The van der Waals surface area contributed by atoms with E-state index in [4.69, 9.17) is 0 Å². The molecule has 1 aromatic carbocycles. The maximum Gasteiger partial charge on any atom is 0.262 e. The minimum absolute atomic E-state index is 0.0276. The van der Waals surface area contributed by atoms with Crippen molar-refractivity contribution in [3.63, 3.8) is 0 Å². The zero-order valence-electron chi connectivity index (χ0n) is 10.8. The summed E-state index contributed by atoms with van der Waals surface area (Å²) in [6.45, 7) is -0.498. The fraction of sp³-hybridized carbons (Fsp3) is 0.462. The molecule has 1 fully saturated rings. The molecule has 0 spiro atoms. The summed E-state index contributed by atoms with van der Waals surface area (Å²) in [5, 5.41) is 2.46. The average molecular weight is 290 g/mol. The Kier molecular flexibility index (Phi) is 3.99. The lowest BCUT2D eigenvalue weighted by Crippen LogP contribution is -2.41. The number of carbonyl (C=O) groups is 1. The van der Waals surface area contributed by atoms with Gasteiger partial charge in [0.2, 0.25) is 5.91 Å². The van der Waals surface area contributed by atoms with Gasteiger partial charge in [-0.05, 0) is 17.7 Å². The first kappa shape index (κ1) is 14.8. The van der Waals surface area contributed by atoms with Crippen LogP contribution in [0.2, 0.25) is 0 Å². The topological polar surface area (TPSA) is 32.3 Å². The van der Waals surface area contributed by atoms with Gasteiger partial charge in [-0.15, -0.1) is 0 Å². The monoisotopic (exact) mass is 290 g/mol. The van der Waals surface area contributed by atoms with Crippen LogP contribution in [-0.2, 0) is 11.3 Å². The second kappa shape index (κ2) is 5.40. The standard InChI is InChI=1S/C13H14F4N2O/c1-19(6-8-2-3-9(14)10(15)4-8)12(20)11-5-13(16,17)7-18-11/h2-4,11,18H,5-7H2,1H3. The summed E-state index contributed by atoms with van der Waals surface area (Å²) in [6.07, 6.45) is -0.548. The summed E-state index contributed by atoms with van der Waals surface area (Å²) >= 11 is 0. The van der Waals surface area contributed by atoms with Gasteiger partial charge >= 0.3 is 0 Å². The summed E-state index contributed by atoms with van der Waals surface area (Å²) in [4.78, 5) is 13.2. The summed E-state index contributed by atoms with van der Waals surface area (Å²) in [6, 6.07) is 2.35. The van der Waals surface area contributed by atoms with Crippen molar-refractivity contribution >= 4 is 5.91 Å². The van der Waals surface area contributed by atoms with Crippen LogP contribution in [-0.4, -0.2) is 36.4 Å². The number of carbonyl (C=O) groups excluding carboxylic acids is 1. The fourth-order valence-electron chi connectivity index (χ4n) is 2.15. The van der Waals surface area contributed by atoms with E-state index in [9.17, 15) is 22.4 Å². The molecular weight excluding hydrogens is 276 g/mol. The second-order valence-corrected chi connectivity index (χ2v) is 4.94. The number of hydrogen-bond donors (Lipinski definition) is 1. The number of halogens is 4. The van der Waals surface area contributed by atoms with Crippen LogP contribution < -0.4 is 5.32 Å². The molecule has 0 radical (unpaired) electrons. The van der Waals surface area contributed by atoms with E-state index in [0.717, 1.165) is 12.1 Å². The molecule has 0 aromatic heterocycles. The maximum atomic E-state index is 13.0. The second-order valence-electron chi connectivity index (χ2n) is 4.94. The third-order valence-electron chi connectivity index (χ3n) is 3.19. The van der Waals surface area contributed by atoms with Gasteiger partial charge in [0.15, 0.2) is 11.6 Å². The number of rotatable bonds is 3. The SMILES string of the molecule is CN(Cc1ccc(F)c(F)c1)C(=O)C1CC(F)(F)CN1.